The van der Waals surface area contributed by atoms with E-state index in [4.69, 9.17) is 18.0 Å². The summed E-state index contributed by atoms with van der Waals surface area (Å²) in [7, 11) is 0. The smallest absolute Gasteiger partial charge is 0.240 e. The molecule has 5 nitrogen and oxygen atoms in total. The summed E-state index contributed by atoms with van der Waals surface area (Å²) in [4.78, 5) is 26.9. The average Bonchev–Trinajstić information content (AvgIpc) is 2.53. The summed E-state index contributed by atoms with van der Waals surface area (Å²) in [6.45, 7) is 5.53. The summed E-state index contributed by atoms with van der Waals surface area (Å²) >= 11 is 6.37. The summed E-state index contributed by atoms with van der Waals surface area (Å²) in [6.07, 6.45) is 0.208. The van der Waals surface area contributed by atoms with E-state index in [1.165, 1.54) is 11.3 Å². The molecule has 7 heteroatoms. The van der Waals surface area contributed by atoms with Gasteiger partial charge in [0, 0.05) is 10.6 Å². The second-order valence-corrected chi connectivity index (χ2v) is 6.20. The van der Waals surface area contributed by atoms with Crippen LogP contribution in [0.3, 0.4) is 0 Å². The quantitative estimate of drug-likeness (QED) is 0.713. The zero-order chi connectivity index (χ0) is 13.9. The van der Waals surface area contributed by atoms with Crippen LogP contribution in [0, 0.1) is 16.8 Å². The van der Waals surface area contributed by atoms with Crippen molar-refractivity contribution in [2.45, 2.75) is 33.2 Å². The molecule has 0 aromatic carbocycles. The first kappa shape index (κ1) is 14.8. The van der Waals surface area contributed by atoms with E-state index in [0.29, 0.717) is 3.95 Å². The van der Waals surface area contributed by atoms with Crippen molar-refractivity contribution in [2.24, 2.45) is 11.7 Å². The lowest BCUT2D eigenvalue weighted by Gasteiger charge is -2.18. The van der Waals surface area contributed by atoms with Gasteiger partial charge in [0.05, 0.1) is 6.42 Å². The van der Waals surface area contributed by atoms with Crippen molar-refractivity contribution in [3.8, 4) is 0 Å². The number of thiazole rings is 1. The van der Waals surface area contributed by atoms with Crippen LogP contribution in [0.1, 0.15) is 24.4 Å². The fraction of sp³-hybridized carbons (Fsp3) is 0.545. The number of primary amides is 1. The highest BCUT2D eigenvalue weighted by molar-refractivity contribution is 7.73. The largest absolute Gasteiger partial charge is 0.368 e. The predicted octanol–water partition coefficient (Wildman–Crippen LogP) is 1.28. The van der Waals surface area contributed by atoms with Gasteiger partial charge in [-0.25, -0.2) is 0 Å². The number of aromatic nitrogens is 1. The van der Waals surface area contributed by atoms with Crippen LogP contribution in [-0.2, 0) is 16.0 Å². The topological polar surface area (TPSA) is 88.0 Å². The Labute approximate surface area is 115 Å². The van der Waals surface area contributed by atoms with Crippen LogP contribution >= 0.6 is 23.6 Å². The van der Waals surface area contributed by atoms with Gasteiger partial charge in [0.25, 0.3) is 0 Å². The van der Waals surface area contributed by atoms with Crippen molar-refractivity contribution < 1.29 is 9.59 Å². The second-order valence-electron chi connectivity index (χ2n) is 4.43. The van der Waals surface area contributed by atoms with Crippen LogP contribution in [0.4, 0.5) is 0 Å². The van der Waals surface area contributed by atoms with Gasteiger partial charge in [-0.1, -0.05) is 13.8 Å². The van der Waals surface area contributed by atoms with Gasteiger partial charge in [-0.2, -0.15) is 0 Å². The first-order valence-electron chi connectivity index (χ1n) is 5.58. The molecule has 1 heterocycles. The van der Waals surface area contributed by atoms with Gasteiger partial charge in [-0.15, -0.1) is 11.3 Å². The normalized spacial score (nSPS) is 12.4. The molecular weight excluding hydrogens is 270 g/mol. The number of aryl methyl sites for hydroxylation is 1. The lowest BCUT2D eigenvalue weighted by atomic mass is 10.0. The van der Waals surface area contributed by atoms with E-state index >= 15 is 0 Å². The number of carbonyl (C=O) groups excluding carboxylic acids is 2. The minimum absolute atomic E-state index is 0.0306. The number of nitrogens with one attached hydrogen (secondary N) is 2. The molecular formula is C11H17N3O2S2. The molecule has 1 rings (SSSR count). The van der Waals surface area contributed by atoms with E-state index in [-0.39, 0.29) is 18.2 Å². The Bertz CT molecular complexity index is 505. The van der Waals surface area contributed by atoms with E-state index in [1.54, 1.807) is 0 Å². The fourth-order valence-corrected chi connectivity index (χ4v) is 2.83. The molecule has 4 N–H and O–H groups in total. The molecule has 18 heavy (non-hydrogen) atoms. The molecule has 0 aliphatic rings. The molecule has 0 saturated heterocycles. The van der Waals surface area contributed by atoms with Crippen LogP contribution in [-0.4, -0.2) is 22.8 Å². The third kappa shape index (κ3) is 3.92. The Hall–Kier alpha value is -1.21. The van der Waals surface area contributed by atoms with Gasteiger partial charge >= 0.3 is 0 Å². The van der Waals surface area contributed by atoms with Gasteiger partial charge in [-0.05, 0) is 25.1 Å². The van der Waals surface area contributed by atoms with Crippen LogP contribution in [0.25, 0.3) is 0 Å². The third-order valence-electron chi connectivity index (χ3n) is 2.53. The molecule has 1 unspecified atom stereocenters. The number of hydrogen-bond donors (Lipinski definition) is 3. The number of amides is 2. The van der Waals surface area contributed by atoms with Crippen LogP contribution in [0.2, 0.25) is 0 Å². The highest BCUT2D eigenvalue weighted by atomic mass is 32.1. The molecule has 1 aromatic rings. The standard InChI is InChI=1S/C11H17N3O2S2/c1-5(2)9(10(12)16)14-8(15)4-7-6(3)13-11(17)18-7/h5,9H,4H2,1-3H3,(H2,12,16)(H,13,17)(H,14,15). The van der Waals surface area contributed by atoms with Crippen molar-refractivity contribution in [1.29, 1.82) is 0 Å². The van der Waals surface area contributed by atoms with E-state index in [1.807, 2.05) is 20.8 Å². The number of nitrogens with two attached hydrogens (primary N) is 1. The lowest BCUT2D eigenvalue weighted by Crippen LogP contribution is -2.48. The van der Waals surface area contributed by atoms with Crippen molar-refractivity contribution in [2.75, 3.05) is 0 Å². The maximum Gasteiger partial charge on any atom is 0.240 e. The molecule has 0 fully saturated rings. The minimum atomic E-state index is -0.635. The van der Waals surface area contributed by atoms with Crippen LogP contribution in [0.5, 0.6) is 0 Å². The predicted molar refractivity (Wildman–Crippen MR) is 73.9 cm³/mol. The molecule has 0 aliphatic heterocycles. The van der Waals surface area contributed by atoms with Crippen LogP contribution < -0.4 is 11.1 Å². The van der Waals surface area contributed by atoms with Gasteiger partial charge in [0.1, 0.15) is 6.04 Å². The fourth-order valence-electron chi connectivity index (χ4n) is 1.54. The summed E-state index contributed by atoms with van der Waals surface area (Å²) in [5, 5.41) is 2.65. The molecule has 0 bridgehead atoms. The van der Waals surface area contributed by atoms with Gasteiger partial charge < -0.3 is 16.0 Å². The number of carbonyl (C=O) groups is 2. The zero-order valence-corrected chi connectivity index (χ0v) is 12.2. The molecule has 0 aliphatic carbocycles. The maximum absolute atomic E-state index is 11.8. The van der Waals surface area contributed by atoms with Crippen molar-refractivity contribution >= 4 is 35.4 Å². The molecule has 100 valence electrons. The molecule has 0 spiro atoms. The van der Waals surface area contributed by atoms with Gasteiger partial charge in [-0.3, -0.25) is 9.59 Å². The first-order valence-corrected chi connectivity index (χ1v) is 6.81. The number of aromatic amines is 1. The van der Waals surface area contributed by atoms with Crippen molar-refractivity contribution in [3.63, 3.8) is 0 Å². The summed E-state index contributed by atoms with van der Waals surface area (Å²) in [5.74, 6) is -0.769. The van der Waals surface area contributed by atoms with Crippen molar-refractivity contribution in [1.82, 2.24) is 10.3 Å². The summed E-state index contributed by atoms with van der Waals surface area (Å²) in [5.41, 5.74) is 6.13. The van der Waals surface area contributed by atoms with E-state index in [0.717, 1.165) is 10.6 Å². The Morgan fingerprint density at radius 2 is 2.11 bits per heavy atom. The molecule has 0 radical (unpaired) electrons. The Balaban J connectivity index is 2.69. The molecule has 1 aromatic heterocycles. The summed E-state index contributed by atoms with van der Waals surface area (Å²) in [6, 6.07) is -0.635. The monoisotopic (exact) mass is 287 g/mol. The third-order valence-corrected chi connectivity index (χ3v) is 3.87. The number of rotatable bonds is 5. The Kier molecular flexibility index (Phi) is 5.03. The van der Waals surface area contributed by atoms with Gasteiger partial charge in [0.15, 0.2) is 3.95 Å². The number of hydrogen-bond acceptors (Lipinski definition) is 4. The van der Waals surface area contributed by atoms with Crippen LogP contribution in [0.15, 0.2) is 0 Å². The minimum Gasteiger partial charge on any atom is -0.368 e. The summed E-state index contributed by atoms with van der Waals surface area (Å²) < 4.78 is 0.644. The second kappa shape index (κ2) is 6.10. The highest BCUT2D eigenvalue weighted by Gasteiger charge is 2.22. The first-order chi connectivity index (χ1) is 8.31. The lowest BCUT2D eigenvalue weighted by molar-refractivity contribution is -0.127. The Morgan fingerprint density at radius 3 is 2.50 bits per heavy atom. The molecule has 0 saturated carbocycles. The van der Waals surface area contributed by atoms with E-state index < -0.39 is 11.9 Å². The molecule has 2 amide bonds. The maximum atomic E-state index is 11.8. The van der Waals surface area contributed by atoms with E-state index in [2.05, 4.69) is 10.3 Å². The highest BCUT2D eigenvalue weighted by Crippen LogP contribution is 2.15. The number of H-pyrrole nitrogens is 1. The SMILES string of the molecule is Cc1[nH]c(=S)sc1CC(=O)NC(C(N)=O)C(C)C. The molecule has 1 atom stereocenters. The van der Waals surface area contributed by atoms with Gasteiger partial charge in [0.2, 0.25) is 11.8 Å². The zero-order valence-electron chi connectivity index (χ0n) is 10.6. The van der Waals surface area contributed by atoms with Crippen molar-refractivity contribution in [3.05, 3.63) is 14.5 Å². The Morgan fingerprint density at radius 1 is 1.50 bits per heavy atom. The average molecular weight is 287 g/mol. The van der Waals surface area contributed by atoms with E-state index in [9.17, 15) is 9.59 Å².